The lowest BCUT2D eigenvalue weighted by Gasteiger charge is -2.41. The third-order valence-electron chi connectivity index (χ3n) is 23.0. The first kappa shape index (κ1) is 101. The van der Waals surface area contributed by atoms with Gasteiger partial charge in [-0.2, -0.15) is 0 Å². The summed E-state index contributed by atoms with van der Waals surface area (Å²) in [4.78, 5) is 149. The summed E-state index contributed by atoms with van der Waals surface area (Å²) in [7, 11) is 3.20. The molecule has 732 valence electrons. The van der Waals surface area contributed by atoms with E-state index in [9.17, 15) is 43.2 Å². The van der Waals surface area contributed by atoms with Gasteiger partial charge in [0.2, 0.25) is 35.5 Å². The zero-order valence-electron chi connectivity index (χ0n) is 78.9. The molecule has 0 bridgehead atoms. The number of carbonyl (C=O) groups excluding carboxylic acids is 9. The van der Waals surface area contributed by atoms with Crippen molar-refractivity contribution >= 4 is 99.6 Å². The lowest BCUT2D eigenvalue weighted by atomic mass is 10.0. The minimum absolute atomic E-state index is 0.0172. The van der Waals surface area contributed by atoms with Crippen LogP contribution in [0, 0.1) is 13.8 Å². The monoisotopic (exact) mass is 1890 g/mol. The minimum Gasteiger partial charge on any atom is -0.493 e. The number of rotatable bonds is 48. The first-order valence-electron chi connectivity index (χ1n) is 46.3. The number of hydrogen-bond acceptors (Lipinski definition) is 35. The Kier molecular flexibility index (Phi) is 37.0. The number of fused-ring (bicyclic) bond motifs is 2. The van der Waals surface area contributed by atoms with Crippen LogP contribution in [0.2, 0.25) is 0 Å². The van der Waals surface area contributed by atoms with Crippen molar-refractivity contribution in [2.24, 2.45) is 0 Å². The lowest BCUT2D eigenvalue weighted by Crippen LogP contribution is -2.56. The number of ether oxygens (including phenoxy) is 13. The highest BCUT2D eigenvalue weighted by molar-refractivity contribution is 6.26. The third-order valence-corrected chi connectivity index (χ3v) is 23.0. The second-order valence-electron chi connectivity index (χ2n) is 33.7. The molecule has 0 aliphatic carbocycles. The number of nitrogens with one attached hydrogen (secondary N) is 7. The van der Waals surface area contributed by atoms with Crippen LogP contribution in [0.15, 0.2) is 122 Å². The number of pyridine rings is 2. The van der Waals surface area contributed by atoms with E-state index in [-0.39, 0.29) is 66.7 Å². The Labute approximate surface area is 795 Å². The summed E-state index contributed by atoms with van der Waals surface area (Å²) in [6, 6.07) is 27.6. The van der Waals surface area contributed by atoms with E-state index in [1.807, 2.05) is 100 Å². The Morgan fingerprint density at radius 1 is 0.474 bits per heavy atom. The molecule has 0 saturated carbocycles. The standard InChI is InChI=1S/C51H65N9O12.C46H57N9O10/c1-7-36-32-58(18-19-59(36)50(65)72-51(3,4)5)42-13-11-34(31-54-42)38-15-16-53-49(56-38)55-35-29-33(2)45(66-6)41(30-35)71-28-27-70-26-25-69-24-23-68-22-21-67-20-17-52-39-10-8-9-37-44(39)48(64)60(47(37)63)40-12-14-43(61)57-46(40)62;1-4-32-29-54(16-14-47-32)39-10-8-31(28-50-39)35-12-13-49-46(52-35)51-33-26-30(2)42(60-3)38(27-33)65-25-24-64-23-22-63-21-20-62-19-18-61-17-15-48-36-7-5-6-34-41(36)45(59)55(44(34)58)37-9-11-40(56)53-43(37)57/h8-11,13,15-16,29-31,36,40,52H,7,12,14,17-28,32H2,1-6H3,(H,53,55,56)(H,57,61,62);5-8,10,12-13,26-28,32,37,47-48H,4,9,11,14-25,29H2,1-3H3,(H,49,51,52)(H,53,56,57). The van der Waals surface area contributed by atoms with Gasteiger partial charge in [-0.05, 0) is 144 Å². The minimum atomic E-state index is -1.03. The van der Waals surface area contributed by atoms with Gasteiger partial charge in [0, 0.05) is 142 Å². The average Bonchev–Trinajstić information content (AvgIpc) is 1.60. The number of piperidine rings is 2. The molecule has 4 aromatic heterocycles. The average molecular weight is 1890 g/mol. The molecule has 40 heteroatoms. The summed E-state index contributed by atoms with van der Waals surface area (Å²) in [6.07, 6.45) is 8.99. The van der Waals surface area contributed by atoms with Crippen LogP contribution < -0.4 is 66.0 Å². The number of nitrogens with zero attached hydrogens (tertiary/aromatic N) is 11. The maximum Gasteiger partial charge on any atom is 0.410 e. The van der Waals surface area contributed by atoms with Crippen molar-refractivity contribution in [2.45, 2.75) is 117 Å². The van der Waals surface area contributed by atoms with Gasteiger partial charge in [-0.25, -0.2) is 34.7 Å². The van der Waals surface area contributed by atoms with Gasteiger partial charge >= 0.3 is 6.09 Å². The Bertz CT molecular complexity index is 5480. The van der Waals surface area contributed by atoms with Gasteiger partial charge in [-0.15, -0.1) is 0 Å². The number of hydrogen-bond donors (Lipinski definition) is 7. The van der Waals surface area contributed by atoms with E-state index in [0.717, 1.165) is 93.2 Å². The van der Waals surface area contributed by atoms with Crippen LogP contribution in [-0.2, 0) is 61.8 Å². The normalized spacial score (nSPS) is 17.1. The Hall–Kier alpha value is -13.2. The van der Waals surface area contributed by atoms with Crippen LogP contribution in [0.25, 0.3) is 22.5 Å². The smallest absolute Gasteiger partial charge is 0.410 e. The molecule has 6 aliphatic heterocycles. The molecular weight excluding hydrogens is 1770 g/mol. The highest BCUT2D eigenvalue weighted by Crippen LogP contribution is 2.40. The zero-order valence-corrected chi connectivity index (χ0v) is 78.9. The van der Waals surface area contributed by atoms with E-state index in [2.05, 4.69) is 76.9 Å². The van der Waals surface area contributed by atoms with Crippen molar-refractivity contribution in [3.8, 4) is 45.5 Å². The molecular formula is C97H122N18O22. The van der Waals surface area contributed by atoms with Crippen molar-refractivity contribution in [1.82, 2.24) is 60.6 Å². The van der Waals surface area contributed by atoms with E-state index in [4.69, 9.17) is 81.5 Å². The highest BCUT2D eigenvalue weighted by Gasteiger charge is 2.48. The molecule has 4 aromatic carbocycles. The van der Waals surface area contributed by atoms with E-state index < -0.39 is 64.9 Å². The van der Waals surface area contributed by atoms with Crippen molar-refractivity contribution in [3.05, 3.63) is 155 Å². The summed E-state index contributed by atoms with van der Waals surface area (Å²) in [5.74, 6) is 0.597. The molecule has 4 atom stereocenters. The first-order valence-corrected chi connectivity index (χ1v) is 46.3. The van der Waals surface area contributed by atoms with Crippen molar-refractivity contribution in [3.63, 3.8) is 0 Å². The van der Waals surface area contributed by atoms with Crippen LogP contribution in [-0.4, -0.2) is 313 Å². The van der Waals surface area contributed by atoms with Crippen molar-refractivity contribution in [1.29, 1.82) is 0 Å². The number of benzene rings is 4. The number of aryl methyl sites for hydroxylation is 2. The summed E-state index contributed by atoms with van der Waals surface area (Å²) in [5.41, 5.74) is 7.62. The molecule has 10 heterocycles. The predicted molar refractivity (Wildman–Crippen MR) is 507 cm³/mol. The first-order chi connectivity index (χ1) is 66.5. The molecule has 8 aromatic rings. The van der Waals surface area contributed by atoms with Gasteiger partial charge in [-0.1, -0.05) is 26.0 Å². The number of amides is 9. The lowest BCUT2D eigenvalue weighted by molar-refractivity contribution is -0.137. The zero-order chi connectivity index (χ0) is 96.7. The second kappa shape index (κ2) is 50.0. The Morgan fingerprint density at radius 2 is 0.898 bits per heavy atom. The van der Waals surface area contributed by atoms with Crippen LogP contribution in [0.3, 0.4) is 0 Å². The summed E-state index contributed by atoms with van der Waals surface area (Å²) in [5, 5.41) is 20.9. The molecule has 4 fully saturated rings. The van der Waals surface area contributed by atoms with Crippen LogP contribution in [0.4, 0.5) is 51.1 Å². The summed E-state index contributed by atoms with van der Waals surface area (Å²) < 4.78 is 74.3. The van der Waals surface area contributed by atoms with Crippen LogP contribution in [0.5, 0.6) is 23.0 Å². The fourth-order valence-corrected chi connectivity index (χ4v) is 16.3. The van der Waals surface area contributed by atoms with Gasteiger partial charge in [0.1, 0.15) is 42.5 Å². The van der Waals surface area contributed by atoms with Gasteiger partial charge in [0.05, 0.1) is 160 Å². The van der Waals surface area contributed by atoms with Crippen LogP contribution in [0.1, 0.15) is 126 Å². The van der Waals surface area contributed by atoms with Gasteiger partial charge in [0.25, 0.3) is 23.6 Å². The van der Waals surface area contributed by atoms with Gasteiger partial charge in [-0.3, -0.25) is 58.8 Å². The number of aromatic nitrogens is 6. The number of piperazine rings is 2. The Balaban J connectivity index is 0.000000233. The maximum atomic E-state index is 13.3. The molecule has 7 N–H and O–H groups in total. The number of imide groups is 4. The molecule has 0 radical (unpaired) electrons. The van der Waals surface area contributed by atoms with E-state index >= 15 is 0 Å². The SMILES string of the molecule is CCC1CN(c2ccc(-c3ccnc(Nc4cc(C)c(OC)c(OCCOCCOCCOCCOCCNc5cccc6c5C(=O)N(C5CCC(=O)NC5=O)C6=O)c4)n3)cn2)CCN1.CCC1CN(c2ccc(-c3ccnc(Nc4cc(C)c(OC)c(OCCOCCOCCOCCOCCNc5cccc6c5C(=O)N(C5CCC(=O)NC5=O)C6=O)c4)n3)cn2)CCN1C(=O)OC(C)(C)C. The van der Waals surface area contributed by atoms with E-state index in [0.29, 0.717) is 203 Å². The second-order valence-corrected chi connectivity index (χ2v) is 33.7. The fraction of sp³-hybridized carbons (Fsp3) is 0.474. The third kappa shape index (κ3) is 27.6. The fourth-order valence-electron chi connectivity index (χ4n) is 16.3. The molecule has 6 aliphatic rings. The van der Waals surface area contributed by atoms with E-state index in [1.54, 1.807) is 69.2 Å². The van der Waals surface area contributed by atoms with Gasteiger partial charge in [0.15, 0.2) is 23.0 Å². The molecule has 9 amide bonds. The number of carbonyl (C=O) groups is 9. The summed E-state index contributed by atoms with van der Waals surface area (Å²) >= 11 is 0. The molecule has 4 unspecified atom stereocenters. The largest absolute Gasteiger partial charge is 0.493 e. The maximum absolute atomic E-state index is 13.3. The Morgan fingerprint density at radius 3 is 1.29 bits per heavy atom. The molecule has 40 nitrogen and oxygen atoms in total. The van der Waals surface area contributed by atoms with E-state index in [1.165, 1.54) is 0 Å². The number of anilines is 8. The number of methoxy groups -OCH3 is 2. The highest BCUT2D eigenvalue weighted by atomic mass is 16.6. The van der Waals surface area contributed by atoms with Crippen molar-refractivity contribution < 1.29 is 105 Å². The molecule has 4 saturated heterocycles. The predicted octanol–water partition coefficient (Wildman–Crippen LogP) is 9.14. The van der Waals surface area contributed by atoms with Gasteiger partial charge < -0.3 is 103 Å². The summed E-state index contributed by atoms with van der Waals surface area (Å²) in [6.45, 7) is 25.6. The topological polar surface area (TPSA) is 451 Å². The molecule has 0 spiro atoms. The molecule has 14 rings (SSSR count). The molecule has 137 heavy (non-hydrogen) atoms. The quantitative estimate of drug-likeness (QED) is 0.0138. The van der Waals surface area contributed by atoms with Crippen LogP contribution >= 0.6 is 0 Å². The van der Waals surface area contributed by atoms with Crippen molar-refractivity contribution in [2.75, 3.05) is 217 Å².